The Morgan fingerprint density at radius 2 is 1.92 bits per heavy atom. The first kappa shape index (κ1) is 16.1. The van der Waals surface area contributed by atoms with Crippen molar-refractivity contribution in [3.63, 3.8) is 0 Å². The number of anilines is 1. The van der Waals surface area contributed by atoms with E-state index >= 15 is 0 Å². The summed E-state index contributed by atoms with van der Waals surface area (Å²) in [5.74, 6) is 0.172. The Bertz CT molecular complexity index is 901. The molecule has 6 nitrogen and oxygen atoms in total. The lowest BCUT2D eigenvalue weighted by atomic mass is 9.96. The Hall–Kier alpha value is -2.38. The van der Waals surface area contributed by atoms with Gasteiger partial charge in [0.15, 0.2) is 5.13 Å². The quantitative estimate of drug-likeness (QED) is 0.784. The van der Waals surface area contributed by atoms with Crippen molar-refractivity contribution in [1.29, 1.82) is 0 Å². The molecule has 0 radical (unpaired) electrons. The lowest BCUT2D eigenvalue weighted by molar-refractivity contribution is -0.121. The maximum atomic E-state index is 12.4. The van der Waals surface area contributed by atoms with Crippen LogP contribution in [0.5, 0.6) is 0 Å². The summed E-state index contributed by atoms with van der Waals surface area (Å²) in [6.07, 6.45) is 7.13. The van der Waals surface area contributed by atoms with E-state index in [0.717, 1.165) is 47.1 Å². The van der Waals surface area contributed by atoms with Gasteiger partial charge in [0.2, 0.25) is 5.91 Å². The number of likely N-dealkylation sites (tertiary alicyclic amines) is 1. The van der Waals surface area contributed by atoms with Gasteiger partial charge < -0.3 is 10.2 Å². The third-order valence-corrected chi connectivity index (χ3v) is 5.62. The molecular formula is C18H19N5OS. The SMILES string of the molecule is CN1CCC(C(=O)Nc2ncc(-c3ccc4cnncc4c3)s2)CC1. The minimum Gasteiger partial charge on any atom is -0.306 e. The lowest BCUT2D eigenvalue weighted by Gasteiger charge is -2.27. The molecule has 1 aliphatic heterocycles. The fraction of sp³-hybridized carbons (Fsp3) is 0.333. The molecule has 0 saturated carbocycles. The Morgan fingerprint density at radius 3 is 2.72 bits per heavy atom. The monoisotopic (exact) mass is 353 g/mol. The first-order chi connectivity index (χ1) is 12.2. The van der Waals surface area contributed by atoms with Crippen LogP contribution in [0.15, 0.2) is 36.8 Å². The summed E-state index contributed by atoms with van der Waals surface area (Å²) in [7, 11) is 2.09. The van der Waals surface area contributed by atoms with Gasteiger partial charge >= 0.3 is 0 Å². The molecule has 7 heteroatoms. The van der Waals surface area contributed by atoms with Crippen LogP contribution in [0, 0.1) is 5.92 Å². The summed E-state index contributed by atoms with van der Waals surface area (Å²) >= 11 is 1.50. The number of amides is 1. The van der Waals surface area contributed by atoms with Gasteiger partial charge in [-0.15, -0.1) is 0 Å². The van der Waals surface area contributed by atoms with Gasteiger partial charge in [-0.25, -0.2) is 4.98 Å². The minimum absolute atomic E-state index is 0.0859. The summed E-state index contributed by atoms with van der Waals surface area (Å²) in [6, 6.07) is 6.13. The van der Waals surface area contributed by atoms with E-state index in [-0.39, 0.29) is 11.8 Å². The maximum absolute atomic E-state index is 12.4. The van der Waals surface area contributed by atoms with E-state index in [2.05, 4.69) is 38.5 Å². The maximum Gasteiger partial charge on any atom is 0.229 e. The van der Waals surface area contributed by atoms with Crippen molar-refractivity contribution in [3.05, 3.63) is 36.8 Å². The van der Waals surface area contributed by atoms with E-state index in [4.69, 9.17) is 0 Å². The van der Waals surface area contributed by atoms with Gasteiger partial charge in [-0.05, 0) is 44.6 Å². The molecule has 1 aromatic carbocycles. The largest absolute Gasteiger partial charge is 0.306 e. The number of aromatic nitrogens is 3. The van der Waals surface area contributed by atoms with Crippen molar-refractivity contribution in [2.45, 2.75) is 12.8 Å². The predicted octanol–water partition coefficient (Wildman–Crippen LogP) is 3.03. The molecule has 1 amide bonds. The zero-order valence-corrected chi connectivity index (χ0v) is 14.8. The van der Waals surface area contributed by atoms with Crippen LogP contribution in [-0.2, 0) is 4.79 Å². The molecule has 1 fully saturated rings. The number of thiazole rings is 1. The fourth-order valence-corrected chi connectivity index (χ4v) is 3.91. The smallest absolute Gasteiger partial charge is 0.229 e. The van der Waals surface area contributed by atoms with Crippen molar-refractivity contribution in [2.75, 3.05) is 25.5 Å². The van der Waals surface area contributed by atoms with Crippen LogP contribution in [0.4, 0.5) is 5.13 Å². The van der Waals surface area contributed by atoms with E-state index in [9.17, 15) is 4.79 Å². The second-order valence-electron chi connectivity index (χ2n) is 6.43. The Balaban J connectivity index is 1.48. The number of hydrogen-bond acceptors (Lipinski definition) is 6. The highest BCUT2D eigenvalue weighted by atomic mass is 32.1. The summed E-state index contributed by atoms with van der Waals surface area (Å²) in [6.45, 7) is 1.95. The zero-order valence-electron chi connectivity index (χ0n) is 14.0. The van der Waals surface area contributed by atoms with Crippen molar-refractivity contribution in [3.8, 4) is 10.4 Å². The van der Waals surface area contributed by atoms with Crippen molar-refractivity contribution in [2.24, 2.45) is 5.92 Å². The molecule has 4 rings (SSSR count). The van der Waals surface area contributed by atoms with Crippen molar-refractivity contribution in [1.82, 2.24) is 20.1 Å². The average Bonchev–Trinajstić information content (AvgIpc) is 3.10. The number of carbonyl (C=O) groups is 1. The molecule has 3 heterocycles. The highest BCUT2D eigenvalue weighted by Crippen LogP contribution is 2.31. The molecule has 0 spiro atoms. The summed E-state index contributed by atoms with van der Waals surface area (Å²) in [4.78, 5) is 20.1. The number of rotatable bonds is 3. The van der Waals surface area contributed by atoms with E-state index < -0.39 is 0 Å². The van der Waals surface area contributed by atoms with Gasteiger partial charge in [0.1, 0.15) is 0 Å². The predicted molar refractivity (Wildman–Crippen MR) is 99.5 cm³/mol. The molecule has 1 saturated heterocycles. The van der Waals surface area contributed by atoms with Crippen LogP contribution in [0.3, 0.4) is 0 Å². The number of nitrogens with one attached hydrogen (secondary N) is 1. The lowest BCUT2D eigenvalue weighted by Crippen LogP contribution is -2.35. The molecule has 0 aliphatic carbocycles. The van der Waals surface area contributed by atoms with Crippen LogP contribution < -0.4 is 5.32 Å². The average molecular weight is 353 g/mol. The first-order valence-electron chi connectivity index (χ1n) is 8.35. The Kier molecular flexibility index (Phi) is 4.42. The van der Waals surface area contributed by atoms with Gasteiger partial charge in [0.05, 0.1) is 17.3 Å². The molecule has 128 valence electrons. The fourth-order valence-electron chi connectivity index (χ4n) is 3.09. The third-order valence-electron chi connectivity index (χ3n) is 4.66. The van der Waals surface area contributed by atoms with E-state index in [0.29, 0.717) is 5.13 Å². The molecule has 3 aromatic rings. The number of piperidine rings is 1. The highest BCUT2D eigenvalue weighted by Gasteiger charge is 2.24. The molecule has 0 bridgehead atoms. The Labute approximate surface area is 149 Å². The zero-order chi connectivity index (χ0) is 17.2. The Morgan fingerprint density at radius 1 is 1.16 bits per heavy atom. The molecule has 0 atom stereocenters. The van der Waals surface area contributed by atoms with Gasteiger partial charge in [-0.2, -0.15) is 10.2 Å². The summed E-state index contributed by atoms with van der Waals surface area (Å²) in [5.41, 5.74) is 1.07. The second kappa shape index (κ2) is 6.85. The molecule has 1 aliphatic rings. The van der Waals surface area contributed by atoms with E-state index in [1.165, 1.54) is 11.3 Å². The molecule has 2 aromatic heterocycles. The van der Waals surface area contributed by atoms with E-state index in [1.807, 2.05) is 18.3 Å². The number of benzene rings is 1. The first-order valence-corrected chi connectivity index (χ1v) is 9.17. The van der Waals surface area contributed by atoms with Crippen molar-refractivity contribution < 1.29 is 4.79 Å². The van der Waals surface area contributed by atoms with Crippen LogP contribution in [0.2, 0.25) is 0 Å². The van der Waals surface area contributed by atoms with Crippen molar-refractivity contribution >= 4 is 33.1 Å². The number of fused-ring (bicyclic) bond motifs is 1. The number of hydrogen-bond donors (Lipinski definition) is 1. The summed E-state index contributed by atoms with van der Waals surface area (Å²) < 4.78 is 0. The number of nitrogens with zero attached hydrogens (tertiary/aromatic N) is 4. The van der Waals surface area contributed by atoms with Crippen LogP contribution >= 0.6 is 11.3 Å². The topological polar surface area (TPSA) is 71.0 Å². The highest BCUT2D eigenvalue weighted by molar-refractivity contribution is 7.19. The van der Waals surface area contributed by atoms with Gasteiger partial charge in [0.25, 0.3) is 0 Å². The van der Waals surface area contributed by atoms with Gasteiger partial charge in [-0.3, -0.25) is 4.79 Å². The summed E-state index contributed by atoms with van der Waals surface area (Å²) in [5, 5.41) is 13.6. The van der Waals surface area contributed by atoms with Crippen LogP contribution in [-0.4, -0.2) is 46.1 Å². The second-order valence-corrected chi connectivity index (χ2v) is 7.46. The standard InChI is InChI=1S/C18H19N5OS/c1-23-6-4-12(5-7-23)17(24)22-18-19-11-16(25-18)13-2-3-14-9-20-21-10-15(14)8-13/h2-3,8-12H,4-7H2,1H3,(H,19,22,24). The molecule has 0 unspecified atom stereocenters. The van der Waals surface area contributed by atoms with Gasteiger partial charge in [0, 0.05) is 22.9 Å². The van der Waals surface area contributed by atoms with Gasteiger partial charge in [-0.1, -0.05) is 23.5 Å². The molecular weight excluding hydrogens is 334 g/mol. The van der Waals surface area contributed by atoms with Crippen LogP contribution in [0.1, 0.15) is 12.8 Å². The molecule has 25 heavy (non-hydrogen) atoms. The van der Waals surface area contributed by atoms with Crippen LogP contribution in [0.25, 0.3) is 21.2 Å². The normalized spacial score (nSPS) is 16.2. The third kappa shape index (κ3) is 3.52. The number of carbonyl (C=O) groups excluding carboxylic acids is 1. The minimum atomic E-state index is 0.0859. The molecule has 1 N–H and O–H groups in total. The van der Waals surface area contributed by atoms with E-state index in [1.54, 1.807) is 12.4 Å².